The average Bonchev–Trinajstić information content (AvgIpc) is 2.58. The maximum atomic E-state index is 6.02. The Morgan fingerprint density at radius 1 is 1.05 bits per heavy atom. The van der Waals surface area contributed by atoms with E-state index in [1.54, 1.807) is 0 Å². The highest BCUT2D eigenvalue weighted by molar-refractivity contribution is 6.11. The lowest BCUT2D eigenvalue weighted by Gasteiger charge is -2.46. The molecule has 1 heterocycles. The third kappa shape index (κ3) is 3.55. The van der Waals surface area contributed by atoms with Crippen LogP contribution < -0.4 is 0 Å². The van der Waals surface area contributed by atoms with Crippen molar-refractivity contribution in [1.82, 2.24) is 9.80 Å². The molecule has 2 unspecified atom stereocenters. The first-order valence-electron chi connectivity index (χ1n) is 7.79. The molecular formula is C16H33BN2. The van der Waals surface area contributed by atoms with Crippen molar-refractivity contribution in [3.8, 4) is 0 Å². The number of rotatable bonds is 5. The van der Waals surface area contributed by atoms with Gasteiger partial charge in [-0.2, -0.15) is 0 Å². The van der Waals surface area contributed by atoms with Crippen molar-refractivity contribution in [3.05, 3.63) is 0 Å². The molecule has 0 bridgehead atoms. The van der Waals surface area contributed by atoms with E-state index < -0.39 is 0 Å². The van der Waals surface area contributed by atoms with Crippen LogP contribution in [0.1, 0.15) is 61.8 Å². The maximum absolute atomic E-state index is 6.02. The summed E-state index contributed by atoms with van der Waals surface area (Å²) in [5.41, 5.74) is 0.425. The van der Waals surface area contributed by atoms with Crippen LogP contribution in [0.4, 0.5) is 0 Å². The van der Waals surface area contributed by atoms with Crippen LogP contribution in [0.5, 0.6) is 0 Å². The fourth-order valence-electron chi connectivity index (χ4n) is 3.57. The van der Waals surface area contributed by atoms with Gasteiger partial charge in [-0.3, -0.25) is 9.80 Å². The molecule has 0 saturated carbocycles. The Labute approximate surface area is 122 Å². The van der Waals surface area contributed by atoms with Gasteiger partial charge in [0, 0.05) is 24.2 Å². The highest BCUT2D eigenvalue weighted by Crippen LogP contribution is 2.36. The largest absolute Gasteiger partial charge is 0.282 e. The Morgan fingerprint density at radius 2 is 1.53 bits per heavy atom. The van der Waals surface area contributed by atoms with E-state index in [1.165, 1.54) is 0 Å². The Bertz CT molecular complexity index is 297. The van der Waals surface area contributed by atoms with Gasteiger partial charge in [0.05, 0.1) is 14.0 Å². The summed E-state index contributed by atoms with van der Waals surface area (Å²) in [5, 5.41) is 0. The first kappa shape index (κ1) is 17.0. The number of hydrogen-bond acceptors (Lipinski definition) is 2. The second kappa shape index (κ2) is 5.77. The summed E-state index contributed by atoms with van der Waals surface area (Å²) in [4.78, 5) is 5.28. The second-order valence-electron chi connectivity index (χ2n) is 7.82. The van der Waals surface area contributed by atoms with Crippen molar-refractivity contribution < 1.29 is 0 Å². The first-order valence-corrected chi connectivity index (χ1v) is 7.79. The Kier molecular flexibility index (Phi) is 5.17. The predicted molar refractivity (Wildman–Crippen MR) is 85.7 cm³/mol. The van der Waals surface area contributed by atoms with Crippen molar-refractivity contribution >= 4 is 7.85 Å². The van der Waals surface area contributed by atoms with E-state index in [9.17, 15) is 0 Å². The topological polar surface area (TPSA) is 6.48 Å². The standard InChI is InChI=1S/C16H33BN2/c1-12(2)16(7,8)19-10-9-18(14(19)4)15(5,6)11-13(3)17/h12-14H,9-11H2,1-8H3. The summed E-state index contributed by atoms with van der Waals surface area (Å²) in [6.07, 6.45) is 1.54. The summed E-state index contributed by atoms with van der Waals surface area (Å²) in [7, 11) is 6.02. The fraction of sp³-hybridized carbons (Fsp3) is 1.00. The van der Waals surface area contributed by atoms with Crippen molar-refractivity contribution in [2.75, 3.05) is 13.1 Å². The predicted octanol–water partition coefficient (Wildman–Crippen LogP) is 3.53. The van der Waals surface area contributed by atoms with E-state index in [0.29, 0.717) is 12.1 Å². The van der Waals surface area contributed by atoms with Gasteiger partial charge in [-0.1, -0.05) is 26.6 Å². The van der Waals surface area contributed by atoms with Gasteiger partial charge in [-0.15, -0.1) is 0 Å². The highest BCUT2D eigenvalue weighted by atomic mass is 15.5. The fourth-order valence-corrected chi connectivity index (χ4v) is 3.57. The van der Waals surface area contributed by atoms with Crippen molar-refractivity contribution in [2.45, 2.75) is 84.9 Å². The van der Waals surface area contributed by atoms with Crippen molar-refractivity contribution in [1.29, 1.82) is 0 Å². The number of nitrogens with zero attached hydrogens (tertiary/aromatic N) is 2. The van der Waals surface area contributed by atoms with Gasteiger partial charge in [0.25, 0.3) is 0 Å². The molecule has 2 radical (unpaired) electrons. The molecule has 110 valence electrons. The van der Waals surface area contributed by atoms with E-state index in [-0.39, 0.29) is 16.9 Å². The monoisotopic (exact) mass is 264 g/mol. The molecule has 19 heavy (non-hydrogen) atoms. The smallest absolute Gasteiger partial charge is 0.0696 e. The average molecular weight is 264 g/mol. The van der Waals surface area contributed by atoms with Crippen LogP contribution in [0, 0.1) is 5.92 Å². The maximum Gasteiger partial charge on any atom is 0.0696 e. The molecule has 1 rings (SSSR count). The molecule has 0 spiro atoms. The van der Waals surface area contributed by atoms with Gasteiger partial charge in [0.1, 0.15) is 0 Å². The zero-order valence-electron chi connectivity index (χ0n) is 14.3. The highest BCUT2D eigenvalue weighted by Gasteiger charge is 2.44. The van der Waals surface area contributed by atoms with Gasteiger partial charge >= 0.3 is 0 Å². The van der Waals surface area contributed by atoms with Gasteiger partial charge in [-0.25, -0.2) is 0 Å². The van der Waals surface area contributed by atoms with Crippen LogP contribution in [0.15, 0.2) is 0 Å². The normalized spacial score (nSPS) is 25.2. The van der Waals surface area contributed by atoms with Crippen LogP contribution in [0.2, 0.25) is 5.82 Å². The summed E-state index contributed by atoms with van der Waals surface area (Å²) in [6, 6.07) is 0. The summed E-state index contributed by atoms with van der Waals surface area (Å²) < 4.78 is 0. The second-order valence-corrected chi connectivity index (χ2v) is 7.82. The summed E-state index contributed by atoms with van der Waals surface area (Å²) in [6.45, 7) is 20.8. The number of hydrogen-bond donors (Lipinski definition) is 0. The molecule has 0 aliphatic carbocycles. The lowest BCUT2D eigenvalue weighted by Crippen LogP contribution is -2.55. The molecule has 1 aliphatic rings. The molecule has 0 aromatic carbocycles. The molecule has 0 N–H and O–H groups in total. The van der Waals surface area contributed by atoms with Crippen LogP contribution in [-0.2, 0) is 0 Å². The molecule has 2 atom stereocenters. The Balaban J connectivity index is 2.83. The van der Waals surface area contributed by atoms with Crippen LogP contribution in [0.25, 0.3) is 0 Å². The summed E-state index contributed by atoms with van der Waals surface area (Å²) >= 11 is 0. The minimum atomic E-state index is 0.176. The minimum Gasteiger partial charge on any atom is -0.282 e. The Hall–Kier alpha value is -0.0151. The third-order valence-corrected chi connectivity index (χ3v) is 5.24. The van der Waals surface area contributed by atoms with E-state index in [4.69, 9.17) is 7.85 Å². The molecule has 2 nitrogen and oxygen atoms in total. The Morgan fingerprint density at radius 3 is 1.95 bits per heavy atom. The van der Waals surface area contributed by atoms with E-state index in [1.807, 2.05) is 0 Å². The first-order chi connectivity index (χ1) is 8.50. The van der Waals surface area contributed by atoms with Crippen LogP contribution in [0.3, 0.4) is 0 Å². The van der Waals surface area contributed by atoms with Gasteiger partial charge in [0.15, 0.2) is 0 Å². The van der Waals surface area contributed by atoms with Crippen molar-refractivity contribution in [3.63, 3.8) is 0 Å². The molecular weight excluding hydrogens is 231 g/mol. The molecule has 0 aromatic rings. The van der Waals surface area contributed by atoms with Gasteiger partial charge in [-0.05, 0) is 47.0 Å². The third-order valence-electron chi connectivity index (χ3n) is 5.24. The SMILES string of the molecule is [B]C(C)CC(C)(C)N1CCN(C(C)(C)C(C)C)C1C. The molecule has 0 amide bonds. The van der Waals surface area contributed by atoms with Crippen LogP contribution in [-0.4, -0.2) is 48.0 Å². The van der Waals surface area contributed by atoms with Gasteiger partial charge < -0.3 is 0 Å². The van der Waals surface area contributed by atoms with Gasteiger partial charge in [0.2, 0.25) is 0 Å². The van der Waals surface area contributed by atoms with E-state index >= 15 is 0 Å². The molecule has 1 aliphatic heterocycles. The molecule has 3 heteroatoms. The molecule has 0 aromatic heterocycles. The molecule has 1 saturated heterocycles. The van der Waals surface area contributed by atoms with Crippen molar-refractivity contribution in [2.24, 2.45) is 5.92 Å². The zero-order chi connectivity index (χ0) is 15.0. The lowest BCUT2D eigenvalue weighted by molar-refractivity contribution is -0.00392. The zero-order valence-corrected chi connectivity index (χ0v) is 14.3. The van der Waals surface area contributed by atoms with E-state index in [0.717, 1.165) is 19.5 Å². The summed E-state index contributed by atoms with van der Waals surface area (Å²) in [5.74, 6) is 0.917. The van der Waals surface area contributed by atoms with E-state index in [2.05, 4.69) is 65.2 Å². The minimum absolute atomic E-state index is 0.176. The molecule has 1 fully saturated rings. The van der Waals surface area contributed by atoms with Crippen LogP contribution >= 0.6 is 0 Å². The lowest BCUT2D eigenvalue weighted by atomic mass is 9.78. The quantitative estimate of drug-likeness (QED) is 0.701.